The van der Waals surface area contributed by atoms with Crippen LogP contribution < -0.4 is 4.90 Å². The Morgan fingerprint density at radius 2 is 2.14 bits per heavy atom. The molecule has 28 heavy (non-hydrogen) atoms. The van der Waals surface area contributed by atoms with Crippen LogP contribution in [-0.4, -0.2) is 35.9 Å². The molecule has 1 amide bonds. The van der Waals surface area contributed by atoms with Crippen molar-refractivity contribution in [2.45, 2.75) is 38.3 Å². The predicted molar refractivity (Wildman–Crippen MR) is 115 cm³/mol. The summed E-state index contributed by atoms with van der Waals surface area (Å²) in [5.74, 6) is 0.995. The van der Waals surface area contributed by atoms with Crippen LogP contribution in [0.2, 0.25) is 0 Å². The molecule has 146 valence electrons. The Hall–Kier alpha value is -1.76. The zero-order valence-electron chi connectivity index (χ0n) is 16.4. The van der Waals surface area contributed by atoms with Crippen LogP contribution in [-0.2, 0) is 11.2 Å². The lowest BCUT2D eigenvalue weighted by molar-refractivity contribution is -0.929. The highest BCUT2D eigenvalue weighted by Crippen LogP contribution is 2.42. The third kappa shape index (κ3) is 3.27. The van der Waals surface area contributed by atoms with Crippen molar-refractivity contribution in [1.29, 1.82) is 0 Å². The Kier molecular flexibility index (Phi) is 4.73. The molecule has 0 saturated heterocycles. The lowest BCUT2D eigenvalue weighted by Gasteiger charge is -2.34. The second-order valence-electron chi connectivity index (χ2n) is 8.15. The van der Waals surface area contributed by atoms with Gasteiger partial charge in [0, 0.05) is 29.8 Å². The Morgan fingerprint density at radius 1 is 1.32 bits per heavy atom. The number of benzene rings is 1. The molecule has 1 aromatic carbocycles. The van der Waals surface area contributed by atoms with Gasteiger partial charge in [0.2, 0.25) is 0 Å². The average Bonchev–Trinajstić information content (AvgIpc) is 3.26. The molecule has 1 fully saturated rings. The maximum absolute atomic E-state index is 13.2. The van der Waals surface area contributed by atoms with E-state index >= 15 is 0 Å². The van der Waals surface area contributed by atoms with Crippen LogP contribution in [0.3, 0.4) is 0 Å². The summed E-state index contributed by atoms with van der Waals surface area (Å²) in [5.41, 5.74) is 2.54. The monoisotopic (exact) mass is 412 g/mol. The maximum atomic E-state index is 13.2. The second-order valence-corrected chi connectivity index (χ2v) is 10.2. The lowest BCUT2D eigenvalue weighted by atomic mass is 9.96. The molecule has 3 aromatic rings. The Bertz CT molecular complexity index is 973. The average molecular weight is 413 g/mol. The SMILES string of the molecule is C[C@@H](c1nc2ccccc2s1)N(C)C(=O)C[NH+]1CCc2sccc2[C@@H]1C1CC1. The number of carbonyl (C=O) groups excluding carboxylic acids is 1. The minimum atomic E-state index is 0.00479. The number of amides is 1. The fourth-order valence-corrected chi connectivity index (χ4v) is 6.46. The fraction of sp³-hybridized carbons (Fsp3) is 0.455. The van der Waals surface area contributed by atoms with Crippen LogP contribution in [0.4, 0.5) is 0 Å². The van der Waals surface area contributed by atoms with Crippen molar-refractivity contribution < 1.29 is 9.69 Å². The summed E-state index contributed by atoms with van der Waals surface area (Å²) in [7, 11) is 1.94. The van der Waals surface area contributed by atoms with E-state index in [0.29, 0.717) is 12.6 Å². The molecule has 1 unspecified atom stereocenters. The number of nitrogens with one attached hydrogen (secondary N) is 1. The third-order valence-electron chi connectivity index (χ3n) is 6.34. The minimum absolute atomic E-state index is 0.00479. The van der Waals surface area contributed by atoms with Gasteiger partial charge in [0.25, 0.3) is 5.91 Å². The predicted octanol–water partition coefficient (Wildman–Crippen LogP) is 3.47. The third-order valence-corrected chi connectivity index (χ3v) is 8.54. The van der Waals surface area contributed by atoms with E-state index in [1.165, 1.54) is 28.0 Å². The summed E-state index contributed by atoms with van der Waals surface area (Å²) in [6.45, 7) is 3.75. The number of nitrogens with zero attached hydrogens (tertiary/aromatic N) is 2. The quantitative estimate of drug-likeness (QED) is 0.697. The number of para-hydroxylation sites is 1. The highest BCUT2D eigenvalue weighted by molar-refractivity contribution is 7.18. The van der Waals surface area contributed by atoms with Crippen molar-refractivity contribution in [1.82, 2.24) is 9.88 Å². The number of hydrogen-bond donors (Lipinski definition) is 1. The van der Waals surface area contributed by atoms with Crippen LogP contribution in [0.15, 0.2) is 35.7 Å². The van der Waals surface area contributed by atoms with Crippen molar-refractivity contribution in [3.8, 4) is 0 Å². The molecule has 1 saturated carbocycles. The van der Waals surface area contributed by atoms with E-state index in [1.54, 1.807) is 16.2 Å². The molecule has 2 aromatic heterocycles. The molecule has 3 atom stereocenters. The van der Waals surface area contributed by atoms with Gasteiger partial charge in [-0.3, -0.25) is 4.79 Å². The topological polar surface area (TPSA) is 37.6 Å². The zero-order valence-corrected chi connectivity index (χ0v) is 18.0. The Balaban J connectivity index is 1.32. The Labute approximate surface area is 173 Å². The molecule has 0 bridgehead atoms. The van der Waals surface area contributed by atoms with Gasteiger partial charge in [0.1, 0.15) is 11.0 Å². The zero-order chi connectivity index (χ0) is 19.3. The van der Waals surface area contributed by atoms with Crippen LogP contribution >= 0.6 is 22.7 Å². The first-order chi connectivity index (χ1) is 13.6. The van der Waals surface area contributed by atoms with Gasteiger partial charge >= 0.3 is 0 Å². The maximum Gasteiger partial charge on any atom is 0.278 e. The van der Waals surface area contributed by atoms with Gasteiger partial charge in [0.15, 0.2) is 6.54 Å². The molecule has 1 N–H and O–H groups in total. The van der Waals surface area contributed by atoms with Crippen LogP contribution in [0.5, 0.6) is 0 Å². The lowest BCUT2D eigenvalue weighted by Crippen LogP contribution is -3.14. The number of rotatable bonds is 5. The van der Waals surface area contributed by atoms with Crippen molar-refractivity contribution in [2.75, 3.05) is 20.1 Å². The van der Waals surface area contributed by atoms with Gasteiger partial charge in [-0.25, -0.2) is 4.98 Å². The summed E-state index contributed by atoms with van der Waals surface area (Å²) in [5, 5.41) is 3.25. The summed E-state index contributed by atoms with van der Waals surface area (Å²) < 4.78 is 1.19. The van der Waals surface area contributed by atoms with Crippen molar-refractivity contribution in [3.05, 3.63) is 51.2 Å². The van der Waals surface area contributed by atoms with Crippen molar-refractivity contribution in [2.24, 2.45) is 5.92 Å². The van der Waals surface area contributed by atoms with Gasteiger partial charge in [-0.05, 0) is 43.3 Å². The van der Waals surface area contributed by atoms with Gasteiger partial charge in [0.05, 0.1) is 22.8 Å². The summed E-state index contributed by atoms with van der Waals surface area (Å²) in [4.78, 5) is 22.8. The number of thiophene rings is 1. The standard InChI is InChI=1S/C22H25N3OS2/c1-14(22-23-17-5-3-4-6-19(17)28-22)24(2)20(26)13-25-11-9-18-16(10-12-27-18)21(25)15-7-8-15/h3-6,10,12,14-15,21H,7-9,11,13H2,1-2H3/p+1/t14-,21-/m0/s1. The normalized spacial score (nSPS) is 22.8. The molecule has 1 aliphatic heterocycles. The van der Waals surface area contributed by atoms with E-state index in [1.807, 2.05) is 41.5 Å². The number of likely N-dealkylation sites (N-methyl/N-ethyl adjacent to an activating group) is 1. The molecule has 0 radical (unpaired) electrons. The fourth-order valence-electron chi connectivity index (χ4n) is 4.46. The Morgan fingerprint density at radius 3 is 2.93 bits per heavy atom. The summed E-state index contributed by atoms with van der Waals surface area (Å²) in [6, 6.07) is 11.0. The molecule has 2 aliphatic rings. The highest BCUT2D eigenvalue weighted by atomic mass is 32.1. The van der Waals surface area contributed by atoms with Gasteiger partial charge in [-0.15, -0.1) is 22.7 Å². The molecule has 0 spiro atoms. The van der Waals surface area contributed by atoms with Crippen LogP contribution in [0.1, 0.15) is 47.3 Å². The number of quaternary nitrogens is 1. The number of carbonyl (C=O) groups is 1. The number of fused-ring (bicyclic) bond motifs is 2. The van der Waals surface area contributed by atoms with Crippen LogP contribution in [0.25, 0.3) is 10.2 Å². The minimum Gasteiger partial charge on any atom is -0.332 e. The van der Waals surface area contributed by atoms with Crippen LogP contribution in [0, 0.1) is 5.92 Å². The van der Waals surface area contributed by atoms with E-state index in [9.17, 15) is 4.79 Å². The van der Waals surface area contributed by atoms with Crippen molar-refractivity contribution >= 4 is 38.8 Å². The first-order valence-electron chi connectivity index (χ1n) is 10.1. The summed E-state index contributed by atoms with van der Waals surface area (Å²) >= 11 is 3.58. The number of aromatic nitrogens is 1. The van der Waals surface area contributed by atoms with E-state index < -0.39 is 0 Å². The molecule has 6 heteroatoms. The first kappa shape index (κ1) is 18.3. The van der Waals surface area contributed by atoms with Crippen molar-refractivity contribution in [3.63, 3.8) is 0 Å². The van der Waals surface area contributed by atoms with Gasteiger partial charge < -0.3 is 9.80 Å². The van der Waals surface area contributed by atoms with Gasteiger partial charge in [-0.1, -0.05) is 12.1 Å². The molecular formula is C22H26N3OS2+. The summed E-state index contributed by atoms with van der Waals surface area (Å²) in [6.07, 6.45) is 3.74. The van der Waals surface area contributed by atoms with Gasteiger partial charge in [-0.2, -0.15) is 0 Å². The molecule has 3 heterocycles. The van der Waals surface area contributed by atoms with E-state index in [2.05, 4.69) is 24.4 Å². The molecule has 4 nitrogen and oxygen atoms in total. The van der Waals surface area contributed by atoms with E-state index in [0.717, 1.165) is 29.4 Å². The number of hydrogen-bond acceptors (Lipinski definition) is 4. The first-order valence-corrected chi connectivity index (χ1v) is 11.8. The second kappa shape index (κ2) is 7.25. The highest BCUT2D eigenvalue weighted by Gasteiger charge is 2.44. The molecule has 5 rings (SSSR count). The molecular weight excluding hydrogens is 386 g/mol. The smallest absolute Gasteiger partial charge is 0.278 e. The largest absolute Gasteiger partial charge is 0.332 e. The van der Waals surface area contributed by atoms with E-state index in [-0.39, 0.29) is 11.9 Å². The van der Waals surface area contributed by atoms with E-state index in [4.69, 9.17) is 4.98 Å². The number of thiazole rings is 1. The molecule has 1 aliphatic carbocycles.